The number of nitrogens with one attached hydrogen (secondary N) is 2. The van der Waals surface area contributed by atoms with Crippen molar-refractivity contribution in [3.05, 3.63) is 59.7 Å². The van der Waals surface area contributed by atoms with Crippen LogP contribution in [-0.4, -0.2) is 41.8 Å². The van der Waals surface area contributed by atoms with Crippen LogP contribution in [0.5, 0.6) is 0 Å². The summed E-state index contributed by atoms with van der Waals surface area (Å²) in [6.45, 7) is 7.41. The van der Waals surface area contributed by atoms with E-state index in [1.807, 2.05) is 31.2 Å². The van der Waals surface area contributed by atoms with Gasteiger partial charge in [-0.1, -0.05) is 82.6 Å². The average molecular weight is 467 g/mol. The molecule has 0 bridgehead atoms. The van der Waals surface area contributed by atoms with Crippen molar-refractivity contribution in [3.8, 4) is 11.1 Å². The lowest BCUT2D eigenvalue weighted by Crippen LogP contribution is -2.50. The first-order valence-corrected chi connectivity index (χ1v) is 11.8. The largest absolute Gasteiger partial charge is 0.480 e. The first-order valence-electron chi connectivity index (χ1n) is 11.8. The van der Waals surface area contributed by atoms with Gasteiger partial charge < -0.3 is 20.5 Å². The van der Waals surface area contributed by atoms with Gasteiger partial charge in [-0.15, -0.1) is 0 Å². The predicted octanol–water partition coefficient (Wildman–Crippen LogP) is 4.70. The molecule has 3 rings (SSSR count). The fraction of sp³-hybridized carbons (Fsp3) is 0.444. The molecule has 0 fully saturated rings. The Labute approximate surface area is 200 Å². The van der Waals surface area contributed by atoms with Gasteiger partial charge in [0.15, 0.2) is 0 Å². The minimum Gasteiger partial charge on any atom is -0.480 e. The van der Waals surface area contributed by atoms with Gasteiger partial charge in [-0.25, -0.2) is 9.59 Å². The Morgan fingerprint density at radius 3 is 2.03 bits per heavy atom. The van der Waals surface area contributed by atoms with Crippen LogP contribution >= 0.6 is 0 Å². The van der Waals surface area contributed by atoms with Gasteiger partial charge in [0.25, 0.3) is 0 Å². The highest BCUT2D eigenvalue weighted by molar-refractivity contribution is 5.85. The quantitative estimate of drug-likeness (QED) is 0.497. The van der Waals surface area contributed by atoms with Crippen LogP contribution in [0.3, 0.4) is 0 Å². The van der Waals surface area contributed by atoms with Crippen LogP contribution in [-0.2, 0) is 14.3 Å². The topological polar surface area (TPSA) is 105 Å². The van der Waals surface area contributed by atoms with Crippen molar-refractivity contribution in [2.24, 2.45) is 5.41 Å². The fourth-order valence-electron chi connectivity index (χ4n) is 4.47. The van der Waals surface area contributed by atoms with E-state index in [1.54, 1.807) is 20.8 Å². The maximum atomic E-state index is 12.6. The second-order valence-corrected chi connectivity index (χ2v) is 9.86. The van der Waals surface area contributed by atoms with Crippen LogP contribution in [0.25, 0.3) is 11.1 Å². The third-order valence-corrected chi connectivity index (χ3v) is 6.15. The van der Waals surface area contributed by atoms with Gasteiger partial charge >= 0.3 is 12.1 Å². The average Bonchev–Trinajstić information content (AvgIpc) is 3.09. The fourth-order valence-corrected chi connectivity index (χ4v) is 4.47. The Balaban J connectivity index is 1.60. The SMILES string of the molecule is CCC[C@H](CC(=O)N[C@H](C(=O)O)C(C)(C)C)NC(=O)OCC1c2ccccc2-c2ccccc21. The zero-order chi connectivity index (χ0) is 24.9. The first-order chi connectivity index (χ1) is 16.1. The second-order valence-electron chi connectivity index (χ2n) is 9.86. The molecule has 34 heavy (non-hydrogen) atoms. The number of carboxylic acid groups (broad SMARTS) is 1. The van der Waals surface area contributed by atoms with E-state index in [0.717, 1.165) is 28.7 Å². The van der Waals surface area contributed by atoms with Crippen molar-refractivity contribution in [2.45, 2.75) is 65.0 Å². The Hall–Kier alpha value is -3.35. The third kappa shape index (κ3) is 5.95. The van der Waals surface area contributed by atoms with Gasteiger partial charge in [-0.2, -0.15) is 0 Å². The predicted molar refractivity (Wildman–Crippen MR) is 131 cm³/mol. The van der Waals surface area contributed by atoms with Crippen molar-refractivity contribution in [3.63, 3.8) is 0 Å². The highest BCUT2D eigenvalue weighted by Crippen LogP contribution is 2.44. The minimum absolute atomic E-state index is 0.0160. The monoisotopic (exact) mass is 466 g/mol. The summed E-state index contributed by atoms with van der Waals surface area (Å²) < 4.78 is 5.60. The van der Waals surface area contributed by atoms with E-state index in [2.05, 4.69) is 34.9 Å². The third-order valence-electron chi connectivity index (χ3n) is 6.15. The number of ether oxygens (including phenoxy) is 1. The van der Waals surface area contributed by atoms with Gasteiger partial charge in [0.1, 0.15) is 12.6 Å². The number of amides is 2. The van der Waals surface area contributed by atoms with Gasteiger partial charge in [0, 0.05) is 18.4 Å². The van der Waals surface area contributed by atoms with Crippen molar-refractivity contribution < 1.29 is 24.2 Å². The van der Waals surface area contributed by atoms with Crippen molar-refractivity contribution >= 4 is 18.0 Å². The highest BCUT2D eigenvalue weighted by Gasteiger charge is 2.33. The van der Waals surface area contributed by atoms with Crippen LogP contribution in [0.2, 0.25) is 0 Å². The van der Waals surface area contributed by atoms with E-state index in [0.29, 0.717) is 6.42 Å². The number of fused-ring (bicyclic) bond motifs is 3. The smallest absolute Gasteiger partial charge is 0.407 e. The van der Waals surface area contributed by atoms with Crippen LogP contribution in [0.15, 0.2) is 48.5 Å². The molecule has 0 spiro atoms. The van der Waals surface area contributed by atoms with E-state index in [9.17, 15) is 19.5 Å². The van der Waals surface area contributed by atoms with Crippen molar-refractivity contribution in [1.29, 1.82) is 0 Å². The van der Waals surface area contributed by atoms with Gasteiger partial charge in [-0.3, -0.25) is 4.79 Å². The number of rotatable bonds is 9. The van der Waals surface area contributed by atoms with Gasteiger partial charge in [0.05, 0.1) is 0 Å². The van der Waals surface area contributed by atoms with Crippen molar-refractivity contribution in [1.82, 2.24) is 10.6 Å². The Bertz CT molecular complexity index is 998. The van der Waals surface area contributed by atoms with E-state index >= 15 is 0 Å². The molecule has 3 N–H and O–H groups in total. The Morgan fingerprint density at radius 2 is 1.53 bits per heavy atom. The molecule has 1 aliphatic rings. The summed E-state index contributed by atoms with van der Waals surface area (Å²) in [4.78, 5) is 36.7. The zero-order valence-corrected chi connectivity index (χ0v) is 20.3. The Kier molecular flexibility index (Phi) is 7.97. The van der Waals surface area contributed by atoms with E-state index in [-0.39, 0.29) is 18.9 Å². The lowest BCUT2D eigenvalue weighted by atomic mass is 9.86. The highest BCUT2D eigenvalue weighted by atomic mass is 16.5. The molecule has 2 aromatic rings. The maximum Gasteiger partial charge on any atom is 0.407 e. The standard InChI is InChI=1S/C27H34N2O5/c1-5-10-17(15-23(30)29-24(25(31)32)27(2,3)4)28-26(33)34-16-22-20-13-8-6-11-18(20)19-12-7-9-14-21(19)22/h6-9,11-14,17,22,24H,5,10,15-16H2,1-4H3,(H,28,33)(H,29,30)(H,31,32)/t17-,24-/m1/s1. The number of alkyl carbamates (subject to hydrolysis) is 1. The number of aliphatic carboxylic acids is 1. The molecule has 1 aliphatic carbocycles. The molecule has 7 heteroatoms. The zero-order valence-electron chi connectivity index (χ0n) is 20.3. The molecule has 0 saturated carbocycles. The lowest BCUT2D eigenvalue weighted by Gasteiger charge is -2.28. The first kappa shape index (κ1) is 25.3. The summed E-state index contributed by atoms with van der Waals surface area (Å²) in [5.41, 5.74) is 3.92. The van der Waals surface area contributed by atoms with Crippen LogP contribution in [0, 0.1) is 5.41 Å². The molecule has 0 aromatic heterocycles. The molecular weight excluding hydrogens is 432 g/mol. The molecule has 0 heterocycles. The number of carboxylic acids is 1. The number of hydrogen-bond donors (Lipinski definition) is 3. The molecule has 2 amide bonds. The summed E-state index contributed by atoms with van der Waals surface area (Å²) >= 11 is 0. The molecule has 2 aromatic carbocycles. The molecular formula is C27H34N2O5. The van der Waals surface area contributed by atoms with Crippen LogP contribution < -0.4 is 10.6 Å². The van der Waals surface area contributed by atoms with E-state index in [4.69, 9.17) is 4.74 Å². The molecule has 7 nitrogen and oxygen atoms in total. The molecule has 182 valence electrons. The molecule has 0 aliphatic heterocycles. The van der Waals surface area contributed by atoms with Crippen LogP contribution in [0.1, 0.15) is 64.0 Å². The van der Waals surface area contributed by atoms with Gasteiger partial charge in [0.2, 0.25) is 5.91 Å². The molecule has 0 radical (unpaired) electrons. The maximum absolute atomic E-state index is 12.6. The molecule has 0 saturated heterocycles. The summed E-state index contributed by atoms with van der Waals surface area (Å²) in [5, 5.41) is 14.8. The molecule has 2 atom stereocenters. The van der Waals surface area contributed by atoms with Gasteiger partial charge in [-0.05, 0) is 34.1 Å². The second kappa shape index (κ2) is 10.7. The normalized spacial score (nSPS) is 14.5. The van der Waals surface area contributed by atoms with Crippen molar-refractivity contribution in [2.75, 3.05) is 6.61 Å². The summed E-state index contributed by atoms with van der Waals surface area (Å²) in [7, 11) is 0. The number of benzene rings is 2. The number of carbonyl (C=O) groups is 3. The summed E-state index contributed by atoms with van der Waals surface area (Å²) in [6.07, 6.45) is 0.727. The Morgan fingerprint density at radius 1 is 0.971 bits per heavy atom. The number of carbonyl (C=O) groups excluding carboxylic acids is 2. The van der Waals surface area contributed by atoms with E-state index < -0.39 is 35.5 Å². The number of hydrogen-bond acceptors (Lipinski definition) is 4. The van der Waals surface area contributed by atoms with Crippen LogP contribution in [0.4, 0.5) is 4.79 Å². The van der Waals surface area contributed by atoms with E-state index in [1.165, 1.54) is 0 Å². The minimum atomic E-state index is -1.09. The summed E-state index contributed by atoms with van der Waals surface area (Å²) in [6, 6.07) is 14.8. The summed E-state index contributed by atoms with van der Waals surface area (Å²) in [5.74, 6) is -1.55. The molecule has 0 unspecified atom stereocenters. The lowest BCUT2D eigenvalue weighted by molar-refractivity contribution is -0.145.